The van der Waals surface area contributed by atoms with E-state index < -0.39 is 0 Å². The predicted octanol–water partition coefficient (Wildman–Crippen LogP) is -0.784. The van der Waals surface area contributed by atoms with Crippen LogP contribution in [0.15, 0.2) is 76.7 Å². The van der Waals surface area contributed by atoms with E-state index in [1.165, 1.54) is 28.7 Å². The third kappa shape index (κ3) is 3.73. The number of fused-ring (bicyclic) bond motifs is 1. The van der Waals surface area contributed by atoms with E-state index in [-0.39, 0.29) is 44.0 Å². The fourth-order valence-electron chi connectivity index (χ4n) is 3.10. The zero-order chi connectivity index (χ0) is 14.1. The summed E-state index contributed by atoms with van der Waals surface area (Å²) in [6.45, 7) is 0. The molecule has 0 saturated heterocycles. The van der Waals surface area contributed by atoms with Gasteiger partial charge in [0.15, 0.2) is 0 Å². The average Bonchev–Trinajstić information content (AvgIpc) is 3.17. The van der Waals surface area contributed by atoms with Gasteiger partial charge >= 0.3 is 135 Å². The molecule has 1 unspecified atom stereocenters. The Morgan fingerprint density at radius 2 is 1.61 bits per heavy atom. The molecule has 1 atom stereocenters. The van der Waals surface area contributed by atoms with Crippen molar-refractivity contribution < 1.29 is 44.0 Å². The molecule has 4 rings (SSSR count). The Morgan fingerprint density at radius 3 is 2.35 bits per heavy atom. The molecule has 0 spiro atoms. The van der Waals surface area contributed by atoms with E-state index >= 15 is 0 Å². The van der Waals surface area contributed by atoms with Gasteiger partial charge in [0.2, 0.25) is 0 Å². The third-order valence-electron chi connectivity index (χ3n) is 4.14. The van der Waals surface area contributed by atoms with Gasteiger partial charge in [-0.3, -0.25) is 0 Å². The van der Waals surface area contributed by atoms with E-state index in [1.54, 1.807) is 3.88 Å². The van der Waals surface area contributed by atoms with Crippen LogP contribution in [0.5, 0.6) is 0 Å². The number of hydrogen-bond donors (Lipinski definition) is 0. The van der Waals surface area contributed by atoms with Crippen LogP contribution in [0.4, 0.5) is 0 Å². The molecule has 0 aliphatic heterocycles. The summed E-state index contributed by atoms with van der Waals surface area (Å²) in [6.07, 6.45) is 10.4. The second-order valence-electron chi connectivity index (χ2n) is 5.50. The molecule has 0 N–H and O–H groups in total. The summed E-state index contributed by atoms with van der Waals surface area (Å²) in [5.41, 5.74) is 5.85. The molecule has 0 radical (unpaired) electrons. The van der Waals surface area contributed by atoms with Crippen molar-refractivity contribution in [2.75, 3.05) is 0 Å². The SMILES string of the molecule is C1=CC[C]([Ti+2][CH]2C(c3ccccc3)=Cc3ccccc32)=C1.[Cl-].[Cl-]. The van der Waals surface area contributed by atoms with Crippen molar-refractivity contribution in [2.24, 2.45) is 0 Å². The van der Waals surface area contributed by atoms with Crippen LogP contribution in [0.1, 0.15) is 27.3 Å². The minimum atomic E-state index is -0.162. The zero-order valence-corrected chi connectivity index (χ0v) is 15.6. The van der Waals surface area contributed by atoms with E-state index in [0.717, 1.165) is 0 Å². The topological polar surface area (TPSA) is 0 Å². The van der Waals surface area contributed by atoms with Crippen molar-refractivity contribution in [3.8, 4) is 0 Å². The summed E-state index contributed by atoms with van der Waals surface area (Å²) >= 11 is -0.162. The largest absolute Gasteiger partial charge is 1.00 e. The molecule has 3 heteroatoms. The summed E-state index contributed by atoms with van der Waals surface area (Å²) in [5, 5.41) is 0. The molecule has 2 aliphatic carbocycles. The molecular formula is C20H16Cl2Ti. The Hall–Kier alpha value is -1.05. The average molecular weight is 375 g/mol. The Labute approximate surface area is 159 Å². The minimum Gasteiger partial charge on any atom is -1.00 e. The van der Waals surface area contributed by atoms with Gasteiger partial charge in [-0.05, 0) is 0 Å². The van der Waals surface area contributed by atoms with Crippen LogP contribution in [-0.2, 0) is 19.2 Å². The quantitative estimate of drug-likeness (QED) is 0.618. The van der Waals surface area contributed by atoms with Gasteiger partial charge in [-0.25, -0.2) is 0 Å². The number of benzene rings is 2. The van der Waals surface area contributed by atoms with Crippen LogP contribution in [-0.4, -0.2) is 0 Å². The first kappa shape index (κ1) is 18.3. The molecule has 0 aromatic heterocycles. The van der Waals surface area contributed by atoms with E-state index in [0.29, 0.717) is 4.22 Å². The van der Waals surface area contributed by atoms with Crippen molar-refractivity contribution in [3.05, 3.63) is 93.4 Å². The van der Waals surface area contributed by atoms with Gasteiger partial charge in [-0.1, -0.05) is 0 Å². The molecule has 2 aromatic carbocycles. The van der Waals surface area contributed by atoms with E-state index in [4.69, 9.17) is 0 Å². The molecule has 0 bridgehead atoms. The number of halogens is 2. The Bertz CT molecular complexity index is 760. The van der Waals surface area contributed by atoms with Crippen molar-refractivity contribution >= 4 is 11.6 Å². The summed E-state index contributed by atoms with van der Waals surface area (Å²) < 4.78 is 2.29. The molecule has 0 fully saturated rings. The molecule has 0 amide bonds. The number of allylic oxidation sites excluding steroid dienone is 5. The van der Waals surface area contributed by atoms with Gasteiger partial charge in [-0.15, -0.1) is 0 Å². The van der Waals surface area contributed by atoms with Crippen LogP contribution < -0.4 is 24.8 Å². The van der Waals surface area contributed by atoms with Gasteiger partial charge in [0.05, 0.1) is 0 Å². The van der Waals surface area contributed by atoms with Crippen molar-refractivity contribution in [1.29, 1.82) is 0 Å². The molecule has 0 heterocycles. The normalized spacial score (nSPS) is 17.3. The van der Waals surface area contributed by atoms with Gasteiger partial charge in [0.25, 0.3) is 0 Å². The van der Waals surface area contributed by atoms with Crippen LogP contribution in [0.2, 0.25) is 0 Å². The molecule has 0 saturated carbocycles. The summed E-state index contributed by atoms with van der Waals surface area (Å²) in [6, 6.07) is 19.8. The molecule has 2 aromatic rings. The Morgan fingerprint density at radius 1 is 0.870 bits per heavy atom. The van der Waals surface area contributed by atoms with Crippen LogP contribution in [0.3, 0.4) is 0 Å². The van der Waals surface area contributed by atoms with E-state index in [1.807, 2.05) is 0 Å². The second-order valence-corrected chi connectivity index (χ2v) is 7.85. The van der Waals surface area contributed by atoms with Crippen LogP contribution >= 0.6 is 0 Å². The van der Waals surface area contributed by atoms with Crippen molar-refractivity contribution in [3.63, 3.8) is 0 Å². The van der Waals surface area contributed by atoms with Crippen molar-refractivity contribution in [1.82, 2.24) is 0 Å². The van der Waals surface area contributed by atoms with Crippen molar-refractivity contribution in [2.45, 2.75) is 10.6 Å². The van der Waals surface area contributed by atoms with Gasteiger partial charge < -0.3 is 24.8 Å². The fraction of sp³-hybridized carbons (Fsp3) is 0.100. The first-order valence-electron chi connectivity index (χ1n) is 7.40. The number of rotatable bonds is 3. The maximum Gasteiger partial charge on any atom is -1.00 e. The smallest absolute Gasteiger partial charge is 1.00 e. The Kier molecular flexibility index (Phi) is 6.50. The number of hydrogen-bond acceptors (Lipinski definition) is 0. The van der Waals surface area contributed by atoms with Gasteiger partial charge in [0.1, 0.15) is 0 Å². The fourth-order valence-corrected chi connectivity index (χ4v) is 5.63. The predicted molar refractivity (Wildman–Crippen MR) is 85.3 cm³/mol. The molecule has 114 valence electrons. The zero-order valence-electron chi connectivity index (χ0n) is 12.5. The molecule has 23 heavy (non-hydrogen) atoms. The third-order valence-corrected chi connectivity index (χ3v) is 6.72. The van der Waals surface area contributed by atoms with E-state index in [2.05, 4.69) is 78.9 Å². The first-order valence-corrected chi connectivity index (χ1v) is 9.08. The minimum absolute atomic E-state index is 0. The Balaban J connectivity index is 0.000000960. The van der Waals surface area contributed by atoms with Crippen LogP contribution in [0, 0.1) is 0 Å². The monoisotopic (exact) mass is 374 g/mol. The summed E-state index contributed by atoms with van der Waals surface area (Å²) in [4.78, 5) is 0. The van der Waals surface area contributed by atoms with Gasteiger partial charge in [-0.2, -0.15) is 0 Å². The molecular weight excluding hydrogens is 359 g/mol. The van der Waals surface area contributed by atoms with Crippen LogP contribution in [0.25, 0.3) is 11.6 Å². The van der Waals surface area contributed by atoms with E-state index in [9.17, 15) is 0 Å². The standard InChI is InChI=1S/C15H11.C5H5.2ClH.Ti/c1-2-6-12(7-3-1)15-10-13-8-4-5-9-14(13)11-15;1-2-4-5-3-1;;;/h1-11H;1-3H,4H2;2*1H;/q;;;;+2/p-2. The summed E-state index contributed by atoms with van der Waals surface area (Å²) in [5.74, 6) is 0. The molecule has 0 nitrogen and oxygen atoms in total. The second kappa shape index (κ2) is 8.17. The maximum absolute atomic E-state index is 2.40. The summed E-state index contributed by atoms with van der Waals surface area (Å²) in [7, 11) is 0. The first-order chi connectivity index (χ1) is 10.4. The van der Waals surface area contributed by atoms with Gasteiger partial charge in [0, 0.05) is 0 Å². The molecule has 2 aliphatic rings. The maximum atomic E-state index is 2.40.